The summed E-state index contributed by atoms with van der Waals surface area (Å²) in [7, 11) is 0. The van der Waals surface area contributed by atoms with Crippen molar-refractivity contribution >= 4 is 17.7 Å². The molecule has 0 atom stereocenters. The minimum atomic E-state index is -1.09. The van der Waals surface area contributed by atoms with Gasteiger partial charge in [0, 0.05) is 15.9 Å². The first kappa shape index (κ1) is 14.7. The minimum absolute atomic E-state index is 0.0820. The fourth-order valence-electron chi connectivity index (χ4n) is 1.83. The van der Waals surface area contributed by atoms with Crippen molar-refractivity contribution in [1.82, 2.24) is 4.98 Å². The van der Waals surface area contributed by atoms with E-state index in [9.17, 15) is 9.90 Å². The number of rotatable bonds is 3. The van der Waals surface area contributed by atoms with Crippen molar-refractivity contribution in [3.63, 3.8) is 0 Å². The maximum Gasteiger partial charge on any atom is 0.373 e. The van der Waals surface area contributed by atoms with Gasteiger partial charge in [-0.2, -0.15) is 0 Å². The molecule has 0 radical (unpaired) electrons. The summed E-state index contributed by atoms with van der Waals surface area (Å²) in [5.41, 5.74) is 0.865. The average molecular weight is 291 g/mol. The van der Waals surface area contributed by atoms with Crippen molar-refractivity contribution in [2.75, 3.05) is 6.26 Å². The lowest BCUT2D eigenvalue weighted by Crippen LogP contribution is -2.16. The summed E-state index contributed by atoms with van der Waals surface area (Å²) >= 11 is 1.65. The second kappa shape index (κ2) is 5.32. The number of hydrogen-bond donors (Lipinski definition) is 1. The first-order chi connectivity index (χ1) is 9.32. The van der Waals surface area contributed by atoms with E-state index in [0.29, 0.717) is 11.6 Å². The van der Waals surface area contributed by atoms with Crippen molar-refractivity contribution in [3.05, 3.63) is 35.7 Å². The van der Waals surface area contributed by atoms with Gasteiger partial charge < -0.3 is 9.52 Å². The second-order valence-electron chi connectivity index (χ2n) is 5.48. The van der Waals surface area contributed by atoms with Crippen LogP contribution in [0.5, 0.6) is 0 Å². The Balaban J connectivity index is 2.50. The van der Waals surface area contributed by atoms with Crippen LogP contribution >= 0.6 is 11.8 Å². The van der Waals surface area contributed by atoms with E-state index in [0.717, 1.165) is 10.5 Å². The Hall–Kier alpha value is -1.75. The molecule has 1 aromatic carbocycles. The van der Waals surface area contributed by atoms with Gasteiger partial charge >= 0.3 is 5.97 Å². The molecule has 1 N–H and O–H groups in total. The molecule has 0 spiro atoms. The first-order valence-electron chi connectivity index (χ1n) is 6.22. The molecule has 106 valence electrons. The predicted octanol–water partition coefficient (Wildman–Crippen LogP) is 4.06. The quantitative estimate of drug-likeness (QED) is 0.864. The fraction of sp³-hybridized carbons (Fsp3) is 0.333. The largest absolute Gasteiger partial charge is 0.475 e. The van der Waals surface area contributed by atoms with Crippen LogP contribution in [0.4, 0.5) is 0 Å². The number of aromatic carboxylic acids is 1. The molecule has 0 aliphatic rings. The molecule has 0 fully saturated rings. The molecule has 0 saturated heterocycles. The number of nitrogens with zero attached hydrogens (tertiary/aromatic N) is 1. The summed E-state index contributed by atoms with van der Waals surface area (Å²) < 4.78 is 5.44. The smallest absolute Gasteiger partial charge is 0.373 e. The molecule has 0 saturated carbocycles. The van der Waals surface area contributed by atoms with Crippen LogP contribution in [-0.4, -0.2) is 22.3 Å². The molecule has 2 rings (SSSR count). The Morgan fingerprint density at radius 1 is 1.25 bits per heavy atom. The van der Waals surface area contributed by atoms with Gasteiger partial charge in [-0.3, -0.25) is 0 Å². The molecule has 0 aliphatic heterocycles. The number of carbonyl (C=O) groups is 1. The van der Waals surface area contributed by atoms with Crippen LogP contribution in [0.25, 0.3) is 11.5 Å². The molecule has 20 heavy (non-hydrogen) atoms. The number of aromatic nitrogens is 1. The van der Waals surface area contributed by atoms with E-state index in [4.69, 9.17) is 4.42 Å². The van der Waals surface area contributed by atoms with Gasteiger partial charge in [0.2, 0.25) is 11.7 Å². The highest BCUT2D eigenvalue weighted by Crippen LogP contribution is 2.30. The first-order valence-corrected chi connectivity index (χ1v) is 7.44. The highest BCUT2D eigenvalue weighted by atomic mass is 32.2. The van der Waals surface area contributed by atoms with E-state index in [-0.39, 0.29) is 11.2 Å². The number of benzene rings is 1. The summed E-state index contributed by atoms with van der Waals surface area (Å²) in [5.74, 6) is -0.823. The molecule has 0 unspecified atom stereocenters. The predicted molar refractivity (Wildman–Crippen MR) is 79.4 cm³/mol. The molecular weight excluding hydrogens is 274 g/mol. The van der Waals surface area contributed by atoms with E-state index in [1.165, 1.54) is 0 Å². The number of thioether (sulfide) groups is 1. The van der Waals surface area contributed by atoms with Crippen molar-refractivity contribution in [2.24, 2.45) is 0 Å². The summed E-state index contributed by atoms with van der Waals surface area (Å²) in [4.78, 5) is 16.8. The number of hydrogen-bond acceptors (Lipinski definition) is 4. The summed E-state index contributed by atoms with van der Waals surface area (Å²) in [5, 5.41) is 9.23. The minimum Gasteiger partial charge on any atom is -0.475 e. The van der Waals surface area contributed by atoms with Gasteiger partial charge in [0.1, 0.15) is 5.69 Å². The van der Waals surface area contributed by atoms with Crippen LogP contribution in [0.15, 0.2) is 33.6 Å². The van der Waals surface area contributed by atoms with Crippen molar-refractivity contribution in [2.45, 2.75) is 31.1 Å². The van der Waals surface area contributed by atoms with Crippen molar-refractivity contribution in [3.8, 4) is 11.5 Å². The molecule has 5 heteroatoms. The fourth-order valence-corrected chi connectivity index (χ4v) is 2.24. The lowest BCUT2D eigenvalue weighted by Gasteiger charge is -2.14. The number of carboxylic acid groups (broad SMARTS) is 1. The molecule has 4 nitrogen and oxygen atoms in total. The van der Waals surface area contributed by atoms with Gasteiger partial charge in [-0.05, 0) is 30.5 Å². The Labute approximate surface area is 122 Å². The van der Waals surface area contributed by atoms with Crippen LogP contribution in [0.1, 0.15) is 37.0 Å². The number of carboxylic acids is 1. The van der Waals surface area contributed by atoms with Crippen molar-refractivity contribution < 1.29 is 14.3 Å². The van der Waals surface area contributed by atoms with E-state index >= 15 is 0 Å². The Morgan fingerprint density at radius 2 is 1.85 bits per heavy atom. The van der Waals surface area contributed by atoms with E-state index in [1.807, 2.05) is 51.3 Å². The molecule has 1 heterocycles. The summed E-state index contributed by atoms with van der Waals surface area (Å²) in [6, 6.07) is 7.69. The molecule has 0 amide bonds. The second-order valence-corrected chi connectivity index (χ2v) is 6.36. The molecule has 2 aromatic rings. The van der Waals surface area contributed by atoms with Crippen LogP contribution in [-0.2, 0) is 5.41 Å². The zero-order chi connectivity index (χ0) is 14.9. The highest BCUT2D eigenvalue weighted by Gasteiger charge is 2.29. The van der Waals surface area contributed by atoms with Gasteiger partial charge in [-0.25, -0.2) is 9.78 Å². The Kier molecular flexibility index (Phi) is 3.90. The van der Waals surface area contributed by atoms with Gasteiger partial charge in [-0.1, -0.05) is 20.8 Å². The zero-order valence-electron chi connectivity index (χ0n) is 11.9. The van der Waals surface area contributed by atoms with Crippen LogP contribution in [0.2, 0.25) is 0 Å². The highest BCUT2D eigenvalue weighted by molar-refractivity contribution is 7.98. The van der Waals surface area contributed by atoms with Crippen LogP contribution in [0.3, 0.4) is 0 Å². The SMILES string of the molecule is CSc1ccc(-c2nc(C(C)(C)C)c(C(=O)O)o2)cc1. The zero-order valence-corrected chi connectivity index (χ0v) is 12.7. The third-order valence-corrected chi connectivity index (χ3v) is 3.61. The topological polar surface area (TPSA) is 63.3 Å². The van der Waals surface area contributed by atoms with Gasteiger partial charge in [0.25, 0.3) is 0 Å². The van der Waals surface area contributed by atoms with Crippen molar-refractivity contribution in [1.29, 1.82) is 0 Å². The van der Waals surface area contributed by atoms with Gasteiger partial charge in [0.15, 0.2) is 0 Å². The maximum absolute atomic E-state index is 11.3. The normalized spacial score (nSPS) is 11.6. The third kappa shape index (κ3) is 2.88. The monoisotopic (exact) mass is 291 g/mol. The molecule has 0 aliphatic carbocycles. The van der Waals surface area contributed by atoms with E-state index < -0.39 is 5.97 Å². The molecule has 1 aromatic heterocycles. The lowest BCUT2D eigenvalue weighted by atomic mass is 9.91. The van der Waals surface area contributed by atoms with Gasteiger partial charge in [-0.15, -0.1) is 11.8 Å². The van der Waals surface area contributed by atoms with Crippen LogP contribution < -0.4 is 0 Å². The van der Waals surface area contributed by atoms with E-state index in [2.05, 4.69) is 4.98 Å². The molecular formula is C15H17NO3S. The average Bonchev–Trinajstić information content (AvgIpc) is 2.84. The number of oxazole rings is 1. The maximum atomic E-state index is 11.3. The van der Waals surface area contributed by atoms with Gasteiger partial charge in [0.05, 0.1) is 0 Å². The third-order valence-electron chi connectivity index (χ3n) is 2.87. The summed E-state index contributed by atoms with van der Waals surface area (Å²) in [6.07, 6.45) is 2.00. The lowest BCUT2D eigenvalue weighted by molar-refractivity contribution is 0.0659. The van der Waals surface area contributed by atoms with E-state index in [1.54, 1.807) is 11.8 Å². The Bertz CT molecular complexity index is 624. The summed E-state index contributed by atoms with van der Waals surface area (Å²) in [6.45, 7) is 5.74. The molecule has 0 bridgehead atoms. The van der Waals surface area contributed by atoms with Crippen LogP contribution in [0, 0.1) is 0 Å². The Morgan fingerprint density at radius 3 is 2.25 bits per heavy atom. The standard InChI is InChI=1S/C15H17NO3S/c1-15(2,3)12-11(14(17)18)19-13(16-12)9-5-7-10(20-4)8-6-9/h5-8H,1-4H3,(H,17,18).